The van der Waals surface area contributed by atoms with Crippen LogP contribution in [0.15, 0.2) is 71.4 Å². The summed E-state index contributed by atoms with van der Waals surface area (Å²) in [5.74, 6) is -2.24. The van der Waals surface area contributed by atoms with Gasteiger partial charge in [0, 0.05) is 22.0 Å². The first kappa shape index (κ1) is 26.8. The van der Waals surface area contributed by atoms with Gasteiger partial charge in [0.25, 0.3) is 17.7 Å². The molecule has 1 aliphatic rings. The van der Waals surface area contributed by atoms with E-state index in [4.69, 9.17) is 46.4 Å². The van der Waals surface area contributed by atoms with Crippen LogP contribution in [0.3, 0.4) is 0 Å². The molecule has 0 spiro atoms. The van der Waals surface area contributed by atoms with Crippen molar-refractivity contribution in [3.05, 3.63) is 97.6 Å². The number of nitrogens with one attached hydrogen (secondary N) is 2. The van der Waals surface area contributed by atoms with Crippen LogP contribution in [0.4, 0.5) is 30.2 Å². The fourth-order valence-corrected chi connectivity index (χ4v) is 4.30. The molecular weight excluding hydrogens is 577 g/mol. The summed E-state index contributed by atoms with van der Waals surface area (Å²) in [4.78, 5) is 38.9. The monoisotopic (exact) mass is 587 g/mol. The number of rotatable bonds is 5. The number of hydrogen-bond acceptors (Lipinski definition) is 4. The van der Waals surface area contributed by atoms with E-state index < -0.39 is 34.5 Å². The molecule has 0 aromatic heterocycles. The molecule has 0 saturated carbocycles. The number of carbonyl (C=O) groups excluding carboxylic acids is 3. The molecule has 190 valence electrons. The van der Waals surface area contributed by atoms with Crippen LogP contribution in [0, 0.1) is 0 Å². The topological polar surface area (TPSA) is 78.5 Å². The Morgan fingerprint density at radius 3 is 2.05 bits per heavy atom. The zero-order valence-corrected chi connectivity index (χ0v) is 21.1. The van der Waals surface area contributed by atoms with Crippen molar-refractivity contribution in [3.8, 4) is 0 Å². The summed E-state index contributed by atoms with van der Waals surface area (Å²) in [6.07, 6.45) is -4.69. The summed E-state index contributed by atoms with van der Waals surface area (Å²) in [5.41, 5.74) is -0.883. The molecule has 0 saturated heterocycles. The molecule has 1 aliphatic heterocycles. The van der Waals surface area contributed by atoms with Gasteiger partial charge < -0.3 is 10.6 Å². The van der Waals surface area contributed by atoms with Gasteiger partial charge in [-0.1, -0.05) is 46.4 Å². The van der Waals surface area contributed by atoms with Gasteiger partial charge in [-0.05, 0) is 60.7 Å². The minimum absolute atomic E-state index is 0.0679. The summed E-state index contributed by atoms with van der Waals surface area (Å²) < 4.78 is 39.2. The fraction of sp³-hybridized carbons (Fsp3) is 0.0417. The van der Waals surface area contributed by atoms with Crippen LogP contribution in [-0.2, 0) is 15.8 Å². The van der Waals surface area contributed by atoms with Crippen LogP contribution in [-0.4, -0.2) is 17.7 Å². The molecule has 13 heteroatoms. The highest BCUT2D eigenvalue weighted by Crippen LogP contribution is 2.37. The maximum atomic E-state index is 13.1. The second-order valence-corrected chi connectivity index (χ2v) is 9.21. The molecule has 0 atom stereocenters. The Labute approximate surface area is 227 Å². The third-order valence-corrected chi connectivity index (χ3v) is 6.34. The number of nitrogens with zero attached hydrogens (tertiary/aromatic N) is 1. The maximum absolute atomic E-state index is 13.1. The lowest BCUT2D eigenvalue weighted by atomic mass is 10.1. The van der Waals surface area contributed by atoms with Crippen molar-refractivity contribution < 1.29 is 27.6 Å². The summed E-state index contributed by atoms with van der Waals surface area (Å²) >= 11 is 23.7. The molecule has 0 radical (unpaired) electrons. The van der Waals surface area contributed by atoms with Crippen molar-refractivity contribution in [2.45, 2.75) is 6.18 Å². The first-order valence-electron chi connectivity index (χ1n) is 10.2. The van der Waals surface area contributed by atoms with Gasteiger partial charge in [0.2, 0.25) is 0 Å². The average Bonchev–Trinajstić information content (AvgIpc) is 3.03. The van der Waals surface area contributed by atoms with Crippen LogP contribution < -0.4 is 15.5 Å². The summed E-state index contributed by atoms with van der Waals surface area (Å²) in [6.45, 7) is 0. The van der Waals surface area contributed by atoms with Crippen molar-refractivity contribution in [1.29, 1.82) is 0 Å². The maximum Gasteiger partial charge on any atom is 0.417 e. The van der Waals surface area contributed by atoms with Crippen molar-refractivity contribution >= 4 is 81.2 Å². The fourth-order valence-electron chi connectivity index (χ4n) is 3.37. The minimum Gasteiger partial charge on any atom is -0.350 e. The Bertz CT molecular complexity index is 1470. The lowest BCUT2D eigenvalue weighted by molar-refractivity contribution is -0.137. The summed E-state index contributed by atoms with van der Waals surface area (Å²) in [5, 5.41) is 4.62. The van der Waals surface area contributed by atoms with Gasteiger partial charge in [-0.25, -0.2) is 4.90 Å². The van der Waals surface area contributed by atoms with E-state index in [0.717, 1.165) is 17.0 Å². The SMILES string of the molecule is O=C(Nc1ccc(Cl)c(C(F)(F)F)c1)c1ccc(NC2=C(Cl)C(=O)N(c3ccc(Cl)cc3Cl)C2=O)cc1. The van der Waals surface area contributed by atoms with E-state index in [1.54, 1.807) is 0 Å². The quantitative estimate of drug-likeness (QED) is 0.305. The second kappa shape index (κ2) is 10.3. The van der Waals surface area contributed by atoms with Crippen LogP contribution >= 0.6 is 46.4 Å². The van der Waals surface area contributed by atoms with E-state index in [2.05, 4.69) is 10.6 Å². The van der Waals surface area contributed by atoms with Crippen molar-refractivity contribution in [1.82, 2.24) is 0 Å². The first-order chi connectivity index (χ1) is 17.4. The van der Waals surface area contributed by atoms with E-state index >= 15 is 0 Å². The zero-order chi connectivity index (χ0) is 27.1. The number of amides is 3. The second-order valence-electron chi connectivity index (χ2n) is 7.58. The molecule has 6 nitrogen and oxygen atoms in total. The lowest BCUT2D eigenvalue weighted by Gasteiger charge is -2.16. The normalized spacial score (nSPS) is 13.9. The van der Waals surface area contributed by atoms with Crippen LogP contribution in [0.25, 0.3) is 0 Å². The Kier molecular flexibility index (Phi) is 7.43. The highest BCUT2D eigenvalue weighted by atomic mass is 35.5. The molecule has 4 rings (SSSR count). The third-order valence-electron chi connectivity index (χ3n) is 5.12. The molecule has 3 aromatic carbocycles. The predicted molar refractivity (Wildman–Crippen MR) is 136 cm³/mol. The first-order valence-corrected chi connectivity index (χ1v) is 11.7. The lowest BCUT2D eigenvalue weighted by Crippen LogP contribution is -2.32. The van der Waals surface area contributed by atoms with E-state index in [9.17, 15) is 27.6 Å². The summed E-state index contributed by atoms with van der Waals surface area (Å²) in [6, 6.07) is 12.8. The van der Waals surface area contributed by atoms with Gasteiger partial charge in [-0.2, -0.15) is 13.2 Å². The van der Waals surface area contributed by atoms with Gasteiger partial charge in [0.1, 0.15) is 10.7 Å². The number of halogens is 7. The van der Waals surface area contributed by atoms with Gasteiger partial charge >= 0.3 is 6.18 Å². The Morgan fingerprint density at radius 1 is 0.784 bits per heavy atom. The molecule has 0 fully saturated rings. The zero-order valence-electron chi connectivity index (χ0n) is 18.1. The van der Waals surface area contributed by atoms with E-state index in [1.165, 1.54) is 48.5 Å². The van der Waals surface area contributed by atoms with Crippen LogP contribution in [0.1, 0.15) is 15.9 Å². The third kappa shape index (κ3) is 5.55. The molecule has 0 aliphatic carbocycles. The highest BCUT2D eigenvalue weighted by molar-refractivity contribution is 6.54. The number of hydrogen-bond donors (Lipinski definition) is 2. The van der Waals surface area contributed by atoms with E-state index in [0.29, 0.717) is 10.7 Å². The van der Waals surface area contributed by atoms with Gasteiger partial charge in [0.15, 0.2) is 0 Å². The number of alkyl halides is 3. The van der Waals surface area contributed by atoms with Crippen molar-refractivity contribution in [2.24, 2.45) is 0 Å². The Morgan fingerprint density at radius 2 is 1.43 bits per heavy atom. The van der Waals surface area contributed by atoms with E-state index in [-0.39, 0.29) is 32.7 Å². The highest BCUT2D eigenvalue weighted by Gasteiger charge is 2.40. The van der Waals surface area contributed by atoms with Gasteiger partial charge in [-0.3, -0.25) is 14.4 Å². The molecule has 37 heavy (non-hydrogen) atoms. The summed E-state index contributed by atoms with van der Waals surface area (Å²) in [7, 11) is 0. The van der Waals surface area contributed by atoms with Gasteiger partial charge in [-0.15, -0.1) is 0 Å². The predicted octanol–water partition coefficient (Wildman–Crippen LogP) is 7.35. The standard InChI is InChI=1S/C24H12Cl4F3N3O3/c25-12-3-8-18(17(27)9-12)34-22(36)19(28)20(23(34)37)32-13-4-1-11(2-5-13)21(35)33-14-6-7-16(26)15(10-14)24(29,30)31/h1-10,32H,(H,33,35). The molecule has 1 heterocycles. The molecule has 0 unspecified atom stereocenters. The van der Waals surface area contributed by atoms with Gasteiger partial charge in [0.05, 0.1) is 21.3 Å². The van der Waals surface area contributed by atoms with Crippen molar-refractivity contribution in [3.63, 3.8) is 0 Å². The Balaban J connectivity index is 1.49. The number of anilines is 3. The molecule has 2 N–H and O–H groups in total. The van der Waals surface area contributed by atoms with Crippen molar-refractivity contribution in [2.75, 3.05) is 15.5 Å². The minimum atomic E-state index is -4.69. The molecule has 0 bridgehead atoms. The number of imide groups is 1. The number of benzene rings is 3. The Hall–Kier alpha value is -3.24. The average molecular weight is 589 g/mol. The number of carbonyl (C=O) groups is 3. The molecule has 3 aromatic rings. The molecular formula is C24H12Cl4F3N3O3. The largest absolute Gasteiger partial charge is 0.417 e. The molecule has 3 amide bonds. The van der Waals surface area contributed by atoms with Crippen LogP contribution in [0.2, 0.25) is 15.1 Å². The van der Waals surface area contributed by atoms with Crippen LogP contribution in [0.5, 0.6) is 0 Å². The smallest absolute Gasteiger partial charge is 0.350 e. The van der Waals surface area contributed by atoms with E-state index in [1.807, 2.05) is 0 Å².